The van der Waals surface area contributed by atoms with Crippen molar-refractivity contribution in [3.8, 4) is 11.1 Å². The average molecular weight is 733 g/mol. The monoisotopic (exact) mass is 732 g/mol. The van der Waals surface area contributed by atoms with Crippen LogP contribution >= 0.6 is 0 Å². The standard InChI is InChI=1S/C43H48N4O7/c48-28-30-12-14-33(15-13-30)38-25-37(27-46-22-20-43(21-23-46)42(52)45-29-47(43)36-8-2-1-3-9-36)53-41(54-38)34-18-16-32(17-19-34)35-7-4-6-31(24-35)26-44-39(49)10-5-11-40(50)51/h1-4,6-9,12-19,24,37-38,41,48H,5,10-11,20-23,25-29H2,(H,44,49)(H,45,52)(H,50,51)/t37-,38+,41+/m1/s1. The van der Waals surface area contributed by atoms with Crippen LogP contribution in [0.15, 0.2) is 103 Å². The number of hydrogen-bond donors (Lipinski definition) is 4. The van der Waals surface area contributed by atoms with Gasteiger partial charge in [0, 0.05) is 56.7 Å². The first-order chi connectivity index (χ1) is 26.3. The molecule has 4 aromatic carbocycles. The third kappa shape index (κ3) is 8.66. The highest BCUT2D eigenvalue weighted by molar-refractivity contribution is 5.93. The number of amides is 2. The van der Waals surface area contributed by atoms with E-state index in [1.807, 2.05) is 78.9 Å². The molecular weight excluding hydrogens is 684 g/mol. The van der Waals surface area contributed by atoms with E-state index in [9.17, 15) is 19.5 Å². The summed E-state index contributed by atoms with van der Waals surface area (Å²) in [6, 6.07) is 34.2. The first-order valence-corrected chi connectivity index (χ1v) is 18.8. The maximum absolute atomic E-state index is 13.3. The second kappa shape index (κ2) is 16.9. The van der Waals surface area contributed by atoms with Gasteiger partial charge in [-0.1, -0.05) is 84.9 Å². The summed E-state index contributed by atoms with van der Waals surface area (Å²) in [5.41, 5.74) is 6.27. The number of carboxylic acid groups (broad SMARTS) is 1. The van der Waals surface area contributed by atoms with Gasteiger partial charge < -0.3 is 40.1 Å². The third-order valence-corrected chi connectivity index (χ3v) is 10.9. The molecule has 3 saturated heterocycles. The molecule has 3 aliphatic heterocycles. The van der Waals surface area contributed by atoms with Crippen molar-refractivity contribution in [2.24, 2.45) is 0 Å². The van der Waals surface area contributed by atoms with Crippen LogP contribution in [0.25, 0.3) is 11.1 Å². The second-order valence-electron chi connectivity index (χ2n) is 14.5. The number of carboxylic acids is 1. The highest BCUT2D eigenvalue weighted by atomic mass is 16.7. The fourth-order valence-electron chi connectivity index (χ4n) is 7.84. The lowest BCUT2D eigenvalue weighted by atomic mass is 9.85. The number of likely N-dealkylation sites (tertiary alicyclic amines) is 1. The van der Waals surface area contributed by atoms with Gasteiger partial charge >= 0.3 is 5.97 Å². The van der Waals surface area contributed by atoms with Crippen molar-refractivity contribution in [3.05, 3.63) is 125 Å². The molecule has 0 unspecified atom stereocenters. The number of nitrogens with zero attached hydrogens (tertiary/aromatic N) is 2. The molecule has 4 aromatic rings. The summed E-state index contributed by atoms with van der Waals surface area (Å²) in [4.78, 5) is 40.8. The quantitative estimate of drug-likeness (QED) is 0.137. The van der Waals surface area contributed by atoms with Crippen LogP contribution in [0.4, 0.5) is 5.69 Å². The summed E-state index contributed by atoms with van der Waals surface area (Å²) in [6.07, 6.45) is 1.70. The van der Waals surface area contributed by atoms with Gasteiger partial charge in [0.25, 0.3) is 0 Å². The van der Waals surface area contributed by atoms with Gasteiger partial charge in [-0.3, -0.25) is 14.4 Å². The second-order valence-corrected chi connectivity index (χ2v) is 14.5. The maximum Gasteiger partial charge on any atom is 0.303 e. The van der Waals surface area contributed by atoms with E-state index in [1.165, 1.54) is 0 Å². The number of carbonyl (C=O) groups is 3. The molecule has 4 N–H and O–H groups in total. The number of carbonyl (C=O) groups excluding carboxylic acids is 2. The molecule has 7 rings (SSSR count). The number of nitrogens with one attached hydrogen (secondary N) is 2. The van der Waals surface area contributed by atoms with E-state index in [0.717, 1.165) is 71.5 Å². The van der Waals surface area contributed by atoms with Gasteiger partial charge in [-0.05, 0) is 65.3 Å². The summed E-state index contributed by atoms with van der Waals surface area (Å²) in [5.74, 6) is -0.967. The average Bonchev–Trinajstić information content (AvgIpc) is 3.52. The number of ether oxygens (including phenoxy) is 2. The zero-order valence-corrected chi connectivity index (χ0v) is 30.4. The Hall–Kier alpha value is -5.07. The van der Waals surface area contributed by atoms with Crippen molar-refractivity contribution in [2.75, 3.05) is 31.2 Å². The number of para-hydroxylation sites is 1. The van der Waals surface area contributed by atoms with E-state index in [1.54, 1.807) is 0 Å². The lowest BCUT2D eigenvalue weighted by Gasteiger charge is -2.45. The van der Waals surface area contributed by atoms with Crippen molar-refractivity contribution in [1.29, 1.82) is 0 Å². The molecule has 3 fully saturated rings. The van der Waals surface area contributed by atoms with Gasteiger partial charge in [0.15, 0.2) is 6.29 Å². The van der Waals surface area contributed by atoms with Crippen LogP contribution in [0.1, 0.15) is 73.2 Å². The minimum atomic E-state index is -0.903. The Labute approximate surface area is 315 Å². The number of aliphatic carboxylic acids is 1. The van der Waals surface area contributed by atoms with Gasteiger partial charge in [0.2, 0.25) is 11.8 Å². The highest BCUT2D eigenvalue weighted by Crippen LogP contribution is 2.40. The molecule has 3 aliphatic rings. The van der Waals surface area contributed by atoms with Crippen LogP contribution in [-0.4, -0.2) is 70.8 Å². The highest BCUT2D eigenvalue weighted by Gasteiger charge is 2.50. The van der Waals surface area contributed by atoms with E-state index in [4.69, 9.17) is 14.6 Å². The molecule has 0 bridgehead atoms. The Balaban J connectivity index is 1.02. The van der Waals surface area contributed by atoms with Crippen LogP contribution < -0.4 is 15.5 Å². The summed E-state index contributed by atoms with van der Waals surface area (Å²) >= 11 is 0. The van der Waals surface area contributed by atoms with E-state index in [0.29, 0.717) is 26.1 Å². The van der Waals surface area contributed by atoms with Crippen molar-refractivity contribution in [3.63, 3.8) is 0 Å². The van der Waals surface area contributed by atoms with Crippen molar-refractivity contribution < 1.29 is 34.1 Å². The SMILES string of the molecule is O=C(O)CCCC(=O)NCc1cccc(-c2ccc([C@H]3O[C@@H](CN4CCC5(CC4)C(=O)NCN5c4ccccc4)C[C@@H](c4ccc(CO)cc4)O3)cc2)c1. The first kappa shape index (κ1) is 37.3. The zero-order valence-electron chi connectivity index (χ0n) is 30.4. The molecule has 0 saturated carbocycles. The van der Waals surface area contributed by atoms with Crippen LogP contribution in [0.5, 0.6) is 0 Å². The van der Waals surface area contributed by atoms with Gasteiger partial charge in [-0.15, -0.1) is 0 Å². The number of anilines is 1. The predicted octanol–water partition coefficient (Wildman–Crippen LogP) is 5.69. The Bertz CT molecular complexity index is 1900. The Morgan fingerprint density at radius 2 is 1.57 bits per heavy atom. The summed E-state index contributed by atoms with van der Waals surface area (Å²) in [6.45, 7) is 3.13. The molecule has 282 valence electrons. The Morgan fingerprint density at radius 1 is 0.833 bits per heavy atom. The number of aliphatic hydroxyl groups excluding tert-OH is 1. The number of piperidine rings is 1. The fourth-order valence-corrected chi connectivity index (χ4v) is 7.84. The maximum atomic E-state index is 13.3. The van der Waals surface area contributed by atoms with Gasteiger partial charge in [0.05, 0.1) is 25.5 Å². The number of rotatable bonds is 13. The molecular formula is C43H48N4O7. The van der Waals surface area contributed by atoms with Crippen LogP contribution in [0.2, 0.25) is 0 Å². The van der Waals surface area contributed by atoms with E-state index >= 15 is 0 Å². The molecule has 0 aliphatic carbocycles. The molecule has 2 amide bonds. The molecule has 3 heterocycles. The lowest BCUT2D eigenvalue weighted by molar-refractivity contribution is -0.253. The molecule has 0 aromatic heterocycles. The van der Waals surface area contributed by atoms with Crippen molar-refractivity contribution >= 4 is 23.5 Å². The van der Waals surface area contributed by atoms with Crippen molar-refractivity contribution in [1.82, 2.24) is 15.5 Å². The molecule has 11 nitrogen and oxygen atoms in total. The first-order valence-electron chi connectivity index (χ1n) is 18.8. The predicted molar refractivity (Wildman–Crippen MR) is 204 cm³/mol. The molecule has 1 spiro atoms. The normalized spacial score (nSPS) is 21.2. The largest absolute Gasteiger partial charge is 0.481 e. The Morgan fingerprint density at radius 3 is 2.30 bits per heavy atom. The minimum absolute atomic E-state index is 0.0190. The fraction of sp³-hybridized carbons (Fsp3) is 0.372. The molecule has 54 heavy (non-hydrogen) atoms. The summed E-state index contributed by atoms with van der Waals surface area (Å²) in [5, 5.41) is 24.4. The van der Waals surface area contributed by atoms with Gasteiger partial charge in [-0.2, -0.15) is 0 Å². The minimum Gasteiger partial charge on any atom is -0.481 e. The number of benzene rings is 4. The van der Waals surface area contributed by atoms with Crippen LogP contribution in [0.3, 0.4) is 0 Å². The summed E-state index contributed by atoms with van der Waals surface area (Å²) in [7, 11) is 0. The summed E-state index contributed by atoms with van der Waals surface area (Å²) < 4.78 is 13.3. The van der Waals surface area contributed by atoms with E-state index < -0.39 is 17.8 Å². The van der Waals surface area contributed by atoms with E-state index in [2.05, 4.69) is 44.7 Å². The van der Waals surface area contributed by atoms with Crippen LogP contribution in [-0.2, 0) is 37.0 Å². The van der Waals surface area contributed by atoms with Crippen molar-refractivity contribution in [2.45, 2.75) is 75.7 Å². The van der Waals surface area contributed by atoms with Crippen LogP contribution in [0, 0.1) is 0 Å². The lowest BCUT2D eigenvalue weighted by Crippen LogP contribution is -2.57. The Kier molecular flexibility index (Phi) is 11.7. The smallest absolute Gasteiger partial charge is 0.303 e. The molecule has 0 radical (unpaired) electrons. The van der Waals surface area contributed by atoms with Gasteiger partial charge in [-0.25, -0.2) is 0 Å². The van der Waals surface area contributed by atoms with E-state index in [-0.39, 0.29) is 43.5 Å². The number of aliphatic hydroxyl groups is 1. The number of hydrogen-bond acceptors (Lipinski definition) is 8. The molecule has 3 atom stereocenters. The topological polar surface area (TPSA) is 141 Å². The molecule has 11 heteroatoms. The van der Waals surface area contributed by atoms with Gasteiger partial charge in [0.1, 0.15) is 5.54 Å². The zero-order chi connectivity index (χ0) is 37.5. The third-order valence-electron chi connectivity index (χ3n) is 10.9.